The van der Waals surface area contributed by atoms with Crippen LogP contribution in [0.25, 0.3) is 0 Å². The quantitative estimate of drug-likeness (QED) is 0.569. The van der Waals surface area contributed by atoms with Gasteiger partial charge in [-0.2, -0.15) is 0 Å². The minimum absolute atomic E-state index is 0.897. The molecule has 0 aromatic carbocycles. The maximum atomic E-state index is 2.55. The van der Waals surface area contributed by atoms with Gasteiger partial charge in [0.1, 0.15) is 0 Å². The van der Waals surface area contributed by atoms with Crippen molar-refractivity contribution in [2.75, 3.05) is 0 Å². The summed E-state index contributed by atoms with van der Waals surface area (Å²) >= 11 is 0. The van der Waals surface area contributed by atoms with Gasteiger partial charge in [-0.3, -0.25) is 0 Å². The number of rotatable bonds is 3. The predicted molar refractivity (Wildman–Crippen MR) is 62.3 cm³/mol. The van der Waals surface area contributed by atoms with Crippen LogP contribution in [0.15, 0.2) is 23.3 Å². The topological polar surface area (TPSA) is 0 Å². The van der Waals surface area contributed by atoms with E-state index in [2.05, 4.69) is 19.1 Å². The van der Waals surface area contributed by atoms with Crippen LogP contribution in [0.3, 0.4) is 0 Å². The lowest BCUT2D eigenvalue weighted by molar-refractivity contribution is 0.609. The molecule has 0 spiro atoms. The summed E-state index contributed by atoms with van der Waals surface area (Å²) in [5.74, 6) is 0.897. The van der Waals surface area contributed by atoms with Crippen LogP contribution in [0.2, 0.25) is 0 Å². The van der Waals surface area contributed by atoms with Gasteiger partial charge >= 0.3 is 0 Å². The van der Waals surface area contributed by atoms with Gasteiger partial charge in [-0.05, 0) is 57.3 Å². The highest BCUT2D eigenvalue weighted by Gasteiger charge is 2.15. The highest BCUT2D eigenvalue weighted by molar-refractivity contribution is 5.20. The van der Waals surface area contributed by atoms with Gasteiger partial charge in [0, 0.05) is 0 Å². The monoisotopic (exact) mass is 190 g/mol. The molecule has 0 N–H and O–H groups in total. The first kappa shape index (κ1) is 10.0. The van der Waals surface area contributed by atoms with Gasteiger partial charge in [-0.25, -0.2) is 0 Å². The van der Waals surface area contributed by atoms with Crippen molar-refractivity contribution in [2.24, 2.45) is 5.92 Å². The Morgan fingerprint density at radius 1 is 1.21 bits per heavy atom. The molecular weight excluding hydrogens is 168 g/mol. The minimum Gasteiger partial charge on any atom is -0.0850 e. The molecule has 2 aliphatic rings. The lowest BCUT2D eigenvalue weighted by atomic mass is 9.94. The van der Waals surface area contributed by atoms with Gasteiger partial charge in [0.15, 0.2) is 0 Å². The van der Waals surface area contributed by atoms with Crippen LogP contribution in [-0.4, -0.2) is 0 Å². The van der Waals surface area contributed by atoms with E-state index >= 15 is 0 Å². The fourth-order valence-corrected chi connectivity index (χ4v) is 2.70. The van der Waals surface area contributed by atoms with Crippen molar-refractivity contribution in [3.05, 3.63) is 23.3 Å². The molecule has 2 aliphatic carbocycles. The highest BCUT2D eigenvalue weighted by Crippen LogP contribution is 2.32. The molecule has 0 bridgehead atoms. The first-order valence-corrected chi connectivity index (χ1v) is 6.26. The van der Waals surface area contributed by atoms with Crippen molar-refractivity contribution >= 4 is 0 Å². The third-order valence-electron chi connectivity index (χ3n) is 3.67. The predicted octanol–water partition coefficient (Wildman–Crippen LogP) is 4.62. The molecule has 0 aromatic rings. The molecule has 0 heterocycles. The summed E-state index contributed by atoms with van der Waals surface area (Å²) in [6, 6.07) is 0. The molecule has 0 nitrogen and oxygen atoms in total. The number of allylic oxidation sites excluding steroid dienone is 4. The van der Waals surface area contributed by atoms with Crippen molar-refractivity contribution in [3.63, 3.8) is 0 Å². The summed E-state index contributed by atoms with van der Waals surface area (Å²) in [5.41, 5.74) is 3.45. The van der Waals surface area contributed by atoms with E-state index in [1.165, 1.54) is 51.4 Å². The van der Waals surface area contributed by atoms with Gasteiger partial charge in [-0.15, -0.1) is 0 Å². The molecule has 0 heteroatoms. The normalized spacial score (nSPS) is 27.4. The first-order chi connectivity index (χ1) is 6.88. The third-order valence-corrected chi connectivity index (χ3v) is 3.67. The Bertz CT molecular complexity index is 245. The Morgan fingerprint density at radius 2 is 2.14 bits per heavy atom. The average Bonchev–Trinajstić information content (AvgIpc) is 2.67. The SMILES string of the molecule is CCC1C=C(CC2=CCCCC2)CC1. The Balaban J connectivity index is 1.88. The second-order valence-corrected chi connectivity index (χ2v) is 4.82. The van der Waals surface area contributed by atoms with Crippen molar-refractivity contribution in [1.29, 1.82) is 0 Å². The molecule has 1 unspecified atom stereocenters. The number of hydrogen-bond donors (Lipinski definition) is 0. The maximum Gasteiger partial charge on any atom is -0.0108 e. The minimum atomic E-state index is 0.897. The van der Waals surface area contributed by atoms with Crippen LogP contribution in [0, 0.1) is 5.92 Å². The van der Waals surface area contributed by atoms with Crippen LogP contribution in [0.1, 0.15) is 58.3 Å². The van der Waals surface area contributed by atoms with Gasteiger partial charge in [0.2, 0.25) is 0 Å². The summed E-state index contributed by atoms with van der Waals surface area (Å²) < 4.78 is 0. The van der Waals surface area contributed by atoms with Crippen molar-refractivity contribution in [1.82, 2.24) is 0 Å². The van der Waals surface area contributed by atoms with E-state index in [9.17, 15) is 0 Å². The molecule has 0 saturated carbocycles. The Hall–Kier alpha value is -0.520. The Kier molecular flexibility index (Phi) is 3.44. The zero-order valence-electron chi connectivity index (χ0n) is 9.39. The first-order valence-electron chi connectivity index (χ1n) is 6.26. The van der Waals surface area contributed by atoms with E-state index in [0.29, 0.717) is 0 Å². The molecule has 2 rings (SSSR count). The zero-order chi connectivity index (χ0) is 9.80. The van der Waals surface area contributed by atoms with Gasteiger partial charge in [0.05, 0.1) is 0 Å². The molecule has 0 aromatic heterocycles. The van der Waals surface area contributed by atoms with Gasteiger partial charge in [-0.1, -0.05) is 30.2 Å². The molecule has 78 valence electrons. The van der Waals surface area contributed by atoms with Crippen LogP contribution >= 0.6 is 0 Å². The van der Waals surface area contributed by atoms with E-state index < -0.39 is 0 Å². The van der Waals surface area contributed by atoms with Gasteiger partial charge in [0.25, 0.3) is 0 Å². The van der Waals surface area contributed by atoms with Crippen molar-refractivity contribution in [2.45, 2.75) is 58.3 Å². The van der Waals surface area contributed by atoms with E-state index in [1.54, 1.807) is 11.1 Å². The van der Waals surface area contributed by atoms with E-state index in [4.69, 9.17) is 0 Å². The fraction of sp³-hybridized carbons (Fsp3) is 0.714. The van der Waals surface area contributed by atoms with E-state index in [0.717, 1.165) is 5.92 Å². The summed E-state index contributed by atoms with van der Waals surface area (Å²) in [7, 11) is 0. The molecule has 0 aliphatic heterocycles. The van der Waals surface area contributed by atoms with E-state index in [1.807, 2.05) is 0 Å². The largest absolute Gasteiger partial charge is 0.0850 e. The molecule has 0 amide bonds. The second kappa shape index (κ2) is 4.82. The highest BCUT2D eigenvalue weighted by atomic mass is 14.2. The van der Waals surface area contributed by atoms with Crippen molar-refractivity contribution in [3.8, 4) is 0 Å². The molecule has 1 atom stereocenters. The zero-order valence-corrected chi connectivity index (χ0v) is 9.39. The maximum absolute atomic E-state index is 2.55. The lowest BCUT2D eigenvalue weighted by Crippen LogP contribution is -1.92. The van der Waals surface area contributed by atoms with Crippen LogP contribution in [-0.2, 0) is 0 Å². The standard InChI is InChI=1S/C14H22/c1-2-12-8-9-14(10-12)11-13-6-4-3-5-7-13/h6,10,12H,2-5,7-9,11H2,1H3. The smallest absolute Gasteiger partial charge is 0.0108 e. The lowest BCUT2D eigenvalue weighted by Gasteiger charge is -2.12. The van der Waals surface area contributed by atoms with Gasteiger partial charge < -0.3 is 0 Å². The van der Waals surface area contributed by atoms with E-state index in [-0.39, 0.29) is 0 Å². The Morgan fingerprint density at radius 3 is 2.79 bits per heavy atom. The third kappa shape index (κ3) is 2.50. The molecule has 0 saturated heterocycles. The average molecular weight is 190 g/mol. The second-order valence-electron chi connectivity index (χ2n) is 4.82. The molecule has 14 heavy (non-hydrogen) atoms. The summed E-state index contributed by atoms with van der Waals surface area (Å²) in [4.78, 5) is 0. The summed E-state index contributed by atoms with van der Waals surface area (Å²) in [5, 5.41) is 0. The molecular formula is C14H22. The number of hydrogen-bond acceptors (Lipinski definition) is 0. The van der Waals surface area contributed by atoms with Crippen LogP contribution in [0.5, 0.6) is 0 Å². The molecule has 0 fully saturated rings. The fourth-order valence-electron chi connectivity index (χ4n) is 2.70. The van der Waals surface area contributed by atoms with Crippen molar-refractivity contribution < 1.29 is 0 Å². The Labute approximate surface area is 88.1 Å². The summed E-state index contributed by atoms with van der Waals surface area (Å²) in [6.07, 6.45) is 16.0. The van der Waals surface area contributed by atoms with Crippen LogP contribution < -0.4 is 0 Å². The summed E-state index contributed by atoms with van der Waals surface area (Å²) in [6.45, 7) is 2.31. The van der Waals surface area contributed by atoms with Crippen LogP contribution in [0.4, 0.5) is 0 Å². The molecule has 0 radical (unpaired) electrons.